The number of halogens is 2. The van der Waals surface area contributed by atoms with Crippen molar-refractivity contribution in [1.82, 2.24) is 9.97 Å². The summed E-state index contributed by atoms with van der Waals surface area (Å²) in [7, 11) is 0. The van der Waals surface area contributed by atoms with Gasteiger partial charge < -0.3 is 10.7 Å². The molecule has 0 aliphatic carbocycles. The summed E-state index contributed by atoms with van der Waals surface area (Å²) in [4.78, 5) is 8.58. The first-order valence-corrected chi connectivity index (χ1v) is 6.49. The van der Waals surface area contributed by atoms with Crippen LogP contribution in [0.4, 0.5) is 21.7 Å². The molecule has 4 N–H and O–H groups in total. The molecule has 106 valence electrons. The highest BCUT2D eigenvalue weighted by Crippen LogP contribution is 2.26. The van der Waals surface area contributed by atoms with E-state index in [1.165, 1.54) is 18.2 Å². The number of anilines is 3. The summed E-state index contributed by atoms with van der Waals surface area (Å²) < 4.78 is 13.7. The van der Waals surface area contributed by atoms with Gasteiger partial charge in [0.15, 0.2) is 0 Å². The lowest BCUT2D eigenvalue weighted by molar-refractivity contribution is 0.631. The summed E-state index contributed by atoms with van der Waals surface area (Å²) in [5.74, 6) is 6.62. The van der Waals surface area contributed by atoms with Crippen molar-refractivity contribution < 1.29 is 4.39 Å². The number of nitrogen functional groups attached to an aromatic ring is 1. The van der Waals surface area contributed by atoms with Crippen LogP contribution in [-0.2, 0) is 6.42 Å². The molecule has 7 heteroatoms. The SMILES string of the molecule is CCc1nc(NN)c(C)c(Nc2cc(Cl)ccc2F)n1. The summed E-state index contributed by atoms with van der Waals surface area (Å²) in [6.45, 7) is 3.72. The third kappa shape index (κ3) is 2.97. The Hall–Kier alpha value is -1.92. The Kier molecular flexibility index (Phi) is 4.36. The van der Waals surface area contributed by atoms with Gasteiger partial charge in [-0.05, 0) is 25.1 Å². The number of nitrogens with zero attached hydrogens (tertiary/aromatic N) is 2. The van der Waals surface area contributed by atoms with Crippen LogP contribution in [0.5, 0.6) is 0 Å². The number of rotatable bonds is 4. The van der Waals surface area contributed by atoms with E-state index >= 15 is 0 Å². The Morgan fingerprint density at radius 1 is 1.30 bits per heavy atom. The van der Waals surface area contributed by atoms with E-state index in [4.69, 9.17) is 17.4 Å². The predicted octanol–water partition coefficient (Wildman–Crippen LogP) is 3.17. The molecule has 0 spiro atoms. The van der Waals surface area contributed by atoms with Gasteiger partial charge in [0.05, 0.1) is 5.69 Å². The average molecular weight is 296 g/mol. The van der Waals surface area contributed by atoms with Crippen LogP contribution in [0.1, 0.15) is 18.3 Å². The molecule has 1 aromatic carbocycles. The number of hydrazine groups is 1. The van der Waals surface area contributed by atoms with Crippen molar-refractivity contribution in [2.45, 2.75) is 20.3 Å². The van der Waals surface area contributed by atoms with Gasteiger partial charge in [-0.1, -0.05) is 18.5 Å². The highest BCUT2D eigenvalue weighted by Gasteiger charge is 2.11. The van der Waals surface area contributed by atoms with Crippen molar-refractivity contribution in [3.8, 4) is 0 Å². The molecular weight excluding hydrogens is 281 g/mol. The van der Waals surface area contributed by atoms with Crippen LogP contribution < -0.4 is 16.6 Å². The minimum Gasteiger partial charge on any atom is -0.337 e. The molecule has 0 saturated carbocycles. The third-order valence-corrected chi connectivity index (χ3v) is 3.06. The summed E-state index contributed by atoms with van der Waals surface area (Å²) in [6, 6.07) is 4.28. The molecular formula is C13H15ClFN5. The van der Waals surface area contributed by atoms with Crippen molar-refractivity contribution in [2.75, 3.05) is 10.7 Å². The summed E-state index contributed by atoms with van der Waals surface area (Å²) in [5.41, 5.74) is 3.46. The van der Waals surface area contributed by atoms with Crippen molar-refractivity contribution in [1.29, 1.82) is 0 Å². The third-order valence-electron chi connectivity index (χ3n) is 2.83. The lowest BCUT2D eigenvalue weighted by atomic mass is 10.2. The molecule has 0 bridgehead atoms. The van der Waals surface area contributed by atoms with E-state index in [1.54, 1.807) is 6.92 Å². The summed E-state index contributed by atoms with van der Waals surface area (Å²) >= 11 is 5.87. The molecule has 0 unspecified atom stereocenters. The number of nitrogens with two attached hydrogens (primary N) is 1. The van der Waals surface area contributed by atoms with Gasteiger partial charge in [-0.3, -0.25) is 0 Å². The fourth-order valence-corrected chi connectivity index (χ4v) is 1.88. The van der Waals surface area contributed by atoms with Crippen LogP contribution in [0.25, 0.3) is 0 Å². The van der Waals surface area contributed by atoms with Crippen LogP contribution >= 0.6 is 11.6 Å². The van der Waals surface area contributed by atoms with E-state index in [2.05, 4.69) is 20.7 Å². The molecule has 0 amide bonds. The van der Waals surface area contributed by atoms with Crippen LogP contribution in [-0.4, -0.2) is 9.97 Å². The standard InChI is InChI=1S/C13H15ClFN5/c1-3-11-18-12(7(2)13(19-11)20-16)17-10-6-8(14)4-5-9(10)15/h4-6H,3,16H2,1-2H3,(H2,17,18,19,20). The number of hydrogen-bond donors (Lipinski definition) is 3. The molecule has 0 atom stereocenters. The fraction of sp³-hybridized carbons (Fsp3) is 0.231. The number of nitrogens with one attached hydrogen (secondary N) is 2. The number of benzene rings is 1. The molecule has 0 fully saturated rings. The van der Waals surface area contributed by atoms with E-state index in [0.29, 0.717) is 34.5 Å². The van der Waals surface area contributed by atoms with Gasteiger partial charge in [-0.25, -0.2) is 20.2 Å². The Morgan fingerprint density at radius 3 is 2.65 bits per heavy atom. The number of aryl methyl sites for hydroxylation is 1. The molecule has 2 rings (SSSR count). The van der Waals surface area contributed by atoms with E-state index < -0.39 is 5.82 Å². The highest BCUT2D eigenvalue weighted by atomic mass is 35.5. The lowest BCUT2D eigenvalue weighted by Gasteiger charge is -2.13. The second kappa shape index (κ2) is 6.02. The molecule has 20 heavy (non-hydrogen) atoms. The Balaban J connectivity index is 2.44. The zero-order valence-electron chi connectivity index (χ0n) is 11.2. The van der Waals surface area contributed by atoms with Crippen LogP contribution in [0.15, 0.2) is 18.2 Å². The number of hydrogen-bond acceptors (Lipinski definition) is 5. The maximum atomic E-state index is 13.7. The molecule has 5 nitrogen and oxygen atoms in total. The molecule has 1 aromatic heterocycles. The van der Waals surface area contributed by atoms with Crippen LogP contribution in [0, 0.1) is 12.7 Å². The largest absolute Gasteiger partial charge is 0.337 e. The van der Waals surface area contributed by atoms with Crippen molar-refractivity contribution in [2.24, 2.45) is 5.84 Å². The summed E-state index contributed by atoms with van der Waals surface area (Å²) in [6.07, 6.45) is 0.641. The Labute approximate surface area is 121 Å². The quantitative estimate of drug-likeness (QED) is 0.596. The highest BCUT2D eigenvalue weighted by molar-refractivity contribution is 6.30. The van der Waals surface area contributed by atoms with Gasteiger partial charge in [-0.2, -0.15) is 0 Å². The van der Waals surface area contributed by atoms with Gasteiger partial charge in [0.25, 0.3) is 0 Å². The zero-order chi connectivity index (χ0) is 14.7. The van der Waals surface area contributed by atoms with Crippen molar-refractivity contribution in [3.63, 3.8) is 0 Å². The minimum atomic E-state index is -0.410. The Bertz CT molecular complexity index is 632. The Morgan fingerprint density at radius 2 is 2.00 bits per heavy atom. The van der Waals surface area contributed by atoms with Crippen LogP contribution in [0.2, 0.25) is 5.02 Å². The minimum absolute atomic E-state index is 0.254. The first-order valence-electron chi connectivity index (χ1n) is 6.11. The first kappa shape index (κ1) is 14.5. The van der Waals surface area contributed by atoms with Crippen molar-refractivity contribution >= 4 is 28.9 Å². The maximum absolute atomic E-state index is 13.7. The van der Waals surface area contributed by atoms with Gasteiger partial charge in [-0.15, -0.1) is 0 Å². The summed E-state index contributed by atoms with van der Waals surface area (Å²) in [5, 5.41) is 3.36. The molecule has 1 heterocycles. The normalized spacial score (nSPS) is 10.4. The predicted molar refractivity (Wildman–Crippen MR) is 78.6 cm³/mol. The second-order valence-electron chi connectivity index (χ2n) is 4.21. The fourth-order valence-electron chi connectivity index (χ4n) is 1.70. The number of aromatic nitrogens is 2. The average Bonchev–Trinajstić information content (AvgIpc) is 2.45. The molecule has 0 aliphatic heterocycles. The van der Waals surface area contributed by atoms with E-state index in [0.717, 1.165) is 0 Å². The van der Waals surface area contributed by atoms with Crippen molar-refractivity contribution in [3.05, 3.63) is 40.4 Å². The zero-order valence-corrected chi connectivity index (χ0v) is 11.9. The van der Waals surface area contributed by atoms with E-state index in [-0.39, 0.29) is 5.69 Å². The van der Waals surface area contributed by atoms with Gasteiger partial charge in [0.2, 0.25) is 0 Å². The lowest BCUT2D eigenvalue weighted by Crippen LogP contribution is -2.14. The van der Waals surface area contributed by atoms with Crippen LogP contribution in [0.3, 0.4) is 0 Å². The topological polar surface area (TPSA) is 75.9 Å². The van der Waals surface area contributed by atoms with E-state index in [1.807, 2.05) is 6.92 Å². The maximum Gasteiger partial charge on any atom is 0.148 e. The first-order chi connectivity index (χ1) is 9.55. The monoisotopic (exact) mass is 295 g/mol. The second-order valence-corrected chi connectivity index (χ2v) is 4.65. The smallest absolute Gasteiger partial charge is 0.148 e. The van der Waals surface area contributed by atoms with Gasteiger partial charge in [0.1, 0.15) is 23.3 Å². The van der Waals surface area contributed by atoms with Gasteiger partial charge >= 0.3 is 0 Å². The molecule has 2 aromatic rings. The van der Waals surface area contributed by atoms with Gasteiger partial charge in [0, 0.05) is 17.0 Å². The molecule has 0 aliphatic rings. The van der Waals surface area contributed by atoms with E-state index in [9.17, 15) is 4.39 Å². The molecule has 0 radical (unpaired) electrons. The molecule has 0 saturated heterocycles.